The molecule has 0 aromatic carbocycles. The van der Waals surface area contributed by atoms with Gasteiger partial charge >= 0.3 is 0 Å². The Morgan fingerprint density at radius 2 is 2.03 bits per heavy atom. The van der Waals surface area contributed by atoms with Crippen molar-refractivity contribution < 1.29 is 4.74 Å². The number of fused-ring (bicyclic) bond motifs is 1. The molecule has 0 radical (unpaired) electrons. The summed E-state index contributed by atoms with van der Waals surface area (Å²) in [5.74, 6) is 1.13. The van der Waals surface area contributed by atoms with E-state index in [0.717, 1.165) is 22.7 Å². The molecular weight excluding hydrogens is 388 g/mol. The Bertz CT molecular complexity index is 1210. The van der Waals surface area contributed by atoms with Crippen molar-refractivity contribution in [3.05, 3.63) is 88.5 Å². The zero-order chi connectivity index (χ0) is 19.1. The van der Waals surface area contributed by atoms with Gasteiger partial charge in [0, 0.05) is 36.3 Å². The second-order valence-electron chi connectivity index (χ2n) is 7.15. The number of aryl methyl sites for hydroxylation is 1. The number of hydrogen-bond donors (Lipinski definition) is 0. The lowest BCUT2D eigenvalue weighted by Crippen LogP contribution is -2.17. The van der Waals surface area contributed by atoms with Crippen LogP contribution in [-0.2, 0) is 6.61 Å². The average molecular weight is 409 g/mol. The van der Waals surface area contributed by atoms with Crippen molar-refractivity contribution >= 4 is 18.1 Å². The van der Waals surface area contributed by atoms with Crippen molar-refractivity contribution in [2.45, 2.75) is 32.3 Å². The third kappa shape index (κ3) is 3.76. The fourth-order valence-electron chi connectivity index (χ4n) is 3.46. The Morgan fingerprint density at radius 3 is 2.76 bits per heavy atom. The summed E-state index contributed by atoms with van der Waals surface area (Å²) >= 11 is 0. The molecule has 1 aliphatic carbocycles. The molecule has 4 aromatic rings. The summed E-state index contributed by atoms with van der Waals surface area (Å²) in [4.78, 5) is 21.6. The minimum atomic E-state index is -0.141. The van der Waals surface area contributed by atoms with Crippen molar-refractivity contribution in [3.63, 3.8) is 0 Å². The first-order chi connectivity index (χ1) is 13.7. The summed E-state index contributed by atoms with van der Waals surface area (Å²) < 4.78 is 9.38. The van der Waals surface area contributed by atoms with Gasteiger partial charge in [-0.05, 0) is 50.1 Å². The lowest BCUT2D eigenvalue weighted by Gasteiger charge is -2.09. The van der Waals surface area contributed by atoms with E-state index in [-0.39, 0.29) is 18.0 Å². The predicted octanol–water partition coefficient (Wildman–Crippen LogP) is 4.07. The van der Waals surface area contributed by atoms with Gasteiger partial charge in [0.15, 0.2) is 0 Å². The van der Waals surface area contributed by atoms with Crippen molar-refractivity contribution in [3.8, 4) is 11.4 Å². The zero-order valence-corrected chi connectivity index (χ0v) is 16.8. The van der Waals surface area contributed by atoms with E-state index in [1.807, 2.05) is 36.5 Å². The van der Waals surface area contributed by atoms with Crippen molar-refractivity contribution in [2.24, 2.45) is 0 Å². The summed E-state index contributed by atoms with van der Waals surface area (Å²) in [7, 11) is 0. The molecule has 29 heavy (non-hydrogen) atoms. The number of pyridine rings is 3. The number of hydrogen-bond acceptors (Lipinski definition) is 4. The Hall–Kier alpha value is -3.12. The van der Waals surface area contributed by atoms with Gasteiger partial charge in [-0.1, -0.05) is 6.07 Å². The maximum atomic E-state index is 12.6. The quantitative estimate of drug-likeness (QED) is 0.499. The maximum Gasteiger partial charge on any atom is 0.258 e. The first-order valence-corrected chi connectivity index (χ1v) is 9.43. The standard InChI is InChI=1S/C22H20N4O2.ClH/c1-15-22(16-5-6-16)24-20-8-7-18(13-26(15)20)25-11-9-19(12-21(25)27)28-14-17-4-2-3-10-23-17;/h2-4,7-13,16H,5-6,14H2,1H3;1H. The topological polar surface area (TPSA) is 61.4 Å². The van der Waals surface area contributed by atoms with Crippen LogP contribution in [0, 0.1) is 6.92 Å². The Labute approximate surface area is 174 Å². The highest BCUT2D eigenvalue weighted by molar-refractivity contribution is 5.85. The normalized spacial score (nSPS) is 13.3. The monoisotopic (exact) mass is 408 g/mol. The van der Waals surface area contributed by atoms with Gasteiger partial charge in [-0.3, -0.25) is 14.3 Å². The van der Waals surface area contributed by atoms with Crippen LogP contribution in [0.25, 0.3) is 11.3 Å². The van der Waals surface area contributed by atoms with Crippen molar-refractivity contribution in [1.82, 2.24) is 18.9 Å². The third-order valence-corrected chi connectivity index (χ3v) is 5.12. The molecule has 5 rings (SSSR count). The van der Waals surface area contributed by atoms with Crippen LogP contribution in [-0.4, -0.2) is 18.9 Å². The Balaban J connectivity index is 0.00000205. The van der Waals surface area contributed by atoms with Crippen molar-refractivity contribution in [1.29, 1.82) is 0 Å². The molecular formula is C22H21ClN4O2. The van der Waals surface area contributed by atoms with Crippen LogP contribution >= 0.6 is 12.4 Å². The van der Waals surface area contributed by atoms with Gasteiger partial charge in [-0.2, -0.15) is 0 Å². The number of halogens is 1. The van der Waals surface area contributed by atoms with E-state index in [9.17, 15) is 4.79 Å². The molecule has 0 bridgehead atoms. The van der Waals surface area contributed by atoms with Crippen LogP contribution in [0.4, 0.5) is 0 Å². The molecule has 0 saturated heterocycles. The minimum Gasteiger partial charge on any atom is -0.487 e. The Kier molecular flexibility index (Phi) is 5.11. The molecule has 0 unspecified atom stereocenters. The molecule has 0 atom stereocenters. The number of aromatic nitrogens is 4. The van der Waals surface area contributed by atoms with E-state index in [2.05, 4.69) is 16.3 Å². The van der Waals surface area contributed by atoms with Gasteiger partial charge in [0.05, 0.1) is 17.1 Å². The minimum absolute atomic E-state index is 0. The molecule has 4 heterocycles. The van der Waals surface area contributed by atoms with Crippen LogP contribution in [0.15, 0.2) is 65.8 Å². The summed E-state index contributed by atoms with van der Waals surface area (Å²) in [5, 5.41) is 0. The largest absolute Gasteiger partial charge is 0.487 e. The van der Waals surface area contributed by atoms with Crippen LogP contribution < -0.4 is 10.3 Å². The van der Waals surface area contributed by atoms with Crippen molar-refractivity contribution in [2.75, 3.05) is 0 Å². The highest BCUT2D eigenvalue weighted by Gasteiger charge is 2.28. The van der Waals surface area contributed by atoms with E-state index in [4.69, 9.17) is 9.72 Å². The molecule has 1 fully saturated rings. The van der Waals surface area contributed by atoms with E-state index < -0.39 is 0 Å². The molecule has 0 spiro atoms. The van der Waals surface area contributed by atoms with Gasteiger partial charge in [-0.15, -0.1) is 12.4 Å². The number of rotatable bonds is 5. The SMILES string of the molecule is Cc1c(C2CC2)nc2ccc(-n3ccc(OCc4ccccn4)cc3=O)cn12.Cl. The molecule has 6 nitrogen and oxygen atoms in total. The van der Waals surface area contributed by atoms with Gasteiger partial charge in [0.25, 0.3) is 5.56 Å². The predicted molar refractivity (Wildman–Crippen MR) is 113 cm³/mol. The van der Waals surface area contributed by atoms with Gasteiger partial charge in [0.2, 0.25) is 0 Å². The van der Waals surface area contributed by atoms with Gasteiger partial charge < -0.3 is 9.14 Å². The second kappa shape index (κ2) is 7.72. The lowest BCUT2D eigenvalue weighted by molar-refractivity contribution is 0.300. The van der Waals surface area contributed by atoms with Gasteiger partial charge in [0.1, 0.15) is 18.0 Å². The van der Waals surface area contributed by atoms with E-state index in [1.165, 1.54) is 24.6 Å². The molecule has 7 heteroatoms. The molecule has 1 aliphatic rings. The summed E-state index contributed by atoms with van der Waals surface area (Å²) in [6, 6.07) is 12.8. The van der Waals surface area contributed by atoms with Crippen LogP contribution in [0.1, 0.15) is 35.8 Å². The number of nitrogens with zero attached hydrogens (tertiary/aromatic N) is 4. The molecule has 148 valence electrons. The fourth-order valence-corrected chi connectivity index (χ4v) is 3.46. The highest BCUT2D eigenvalue weighted by Crippen LogP contribution is 2.41. The maximum absolute atomic E-state index is 12.6. The third-order valence-electron chi connectivity index (χ3n) is 5.12. The first-order valence-electron chi connectivity index (χ1n) is 9.43. The molecule has 0 aliphatic heterocycles. The molecule has 4 aromatic heterocycles. The number of ether oxygens (including phenoxy) is 1. The summed E-state index contributed by atoms with van der Waals surface area (Å²) in [6.07, 6.45) is 7.87. The van der Waals surface area contributed by atoms with E-state index in [1.54, 1.807) is 23.0 Å². The smallest absolute Gasteiger partial charge is 0.258 e. The summed E-state index contributed by atoms with van der Waals surface area (Å²) in [5.41, 5.74) is 4.74. The first kappa shape index (κ1) is 19.2. The molecule has 0 N–H and O–H groups in total. The fraction of sp³-hybridized carbons (Fsp3) is 0.227. The summed E-state index contributed by atoms with van der Waals surface area (Å²) in [6.45, 7) is 2.42. The average Bonchev–Trinajstić information content (AvgIpc) is 3.51. The zero-order valence-electron chi connectivity index (χ0n) is 16.0. The Morgan fingerprint density at radius 1 is 1.17 bits per heavy atom. The van der Waals surface area contributed by atoms with Crippen LogP contribution in [0.3, 0.4) is 0 Å². The second-order valence-corrected chi connectivity index (χ2v) is 7.15. The highest BCUT2D eigenvalue weighted by atomic mass is 35.5. The lowest BCUT2D eigenvalue weighted by atomic mass is 10.2. The van der Waals surface area contributed by atoms with Gasteiger partial charge in [-0.25, -0.2) is 4.98 Å². The van der Waals surface area contributed by atoms with E-state index >= 15 is 0 Å². The van der Waals surface area contributed by atoms with Crippen LogP contribution in [0.2, 0.25) is 0 Å². The molecule has 0 amide bonds. The van der Waals surface area contributed by atoms with Crippen LogP contribution in [0.5, 0.6) is 5.75 Å². The van der Waals surface area contributed by atoms with E-state index in [0.29, 0.717) is 18.3 Å². The molecule has 1 saturated carbocycles. The number of imidazole rings is 1.